The predicted octanol–water partition coefficient (Wildman–Crippen LogP) is 4.48. The van der Waals surface area contributed by atoms with Crippen molar-refractivity contribution in [2.24, 2.45) is 0 Å². The summed E-state index contributed by atoms with van der Waals surface area (Å²) in [4.78, 5) is 42.8. The van der Waals surface area contributed by atoms with Crippen LogP contribution < -0.4 is 16.0 Å². The van der Waals surface area contributed by atoms with E-state index in [1.807, 2.05) is 6.92 Å². The number of carbonyl (C=O) groups excluding carboxylic acids is 3. The number of thiazole rings is 1. The third-order valence-corrected chi connectivity index (χ3v) is 6.77. The van der Waals surface area contributed by atoms with Crippen LogP contribution in [0.15, 0.2) is 24.3 Å². The first-order valence-corrected chi connectivity index (χ1v) is 14.3. The summed E-state index contributed by atoms with van der Waals surface area (Å²) in [5.74, 6) is -0.260. The maximum Gasteiger partial charge on any atom is 0.407 e. The van der Waals surface area contributed by atoms with E-state index in [4.69, 9.17) is 18.9 Å². The first-order chi connectivity index (χ1) is 19.1. The molecule has 1 aromatic carbocycles. The van der Waals surface area contributed by atoms with Crippen LogP contribution in [0, 0.1) is 6.92 Å². The molecule has 1 saturated heterocycles. The monoisotopic (exact) mass is 576 g/mol. The van der Waals surface area contributed by atoms with E-state index >= 15 is 0 Å². The summed E-state index contributed by atoms with van der Waals surface area (Å²) in [7, 11) is 0. The van der Waals surface area contributed by atoms with Crippen molar-refractivity contribution in [2.45, 2.75) is 58.5 Å². The zero-order chi connectivity index (χ0) is 29.0. The minimum Gasteiger partial charge on any atom is -0.444 e. The number of nitrogens with zero attached hydrogens (tertiary/aromatic N) is 1. The molecule has 0 radical (unpaired) electrons. The Balaban J connectivity index is 1.36. The first-order valence-electron chi connectivity index (χ1n) is 13.5. The molecular formula is C28H40N4O7S. The molecule has 0 aliphatic carbocycles. The van der Waals surface area contributed by atoms with Crippen LogP contribution in [0.1, 0.15) is 66.9 Å². The molecule has 40 heavy (non-hydrogen) atoms. The van der Waals surface area contributed by atoms with Gasteiger partial charge in [-0.25, -0.2) is 9.78 Å². The molecular weight excluding hydrogens is 536 g/mol. The highest BCUT2D eigenvalue weighted by Crippen LogP contribution is 2.33. The minimum absolute atomic E-state index is 0.121. The van der Waals surface area contributed by atoms with Crippen LogP contribution in [-0.4, -0.2) is 74.7 Å². The van der Waals surface area contributed by atoms with Gasteiger partial charge in [-0.2, -0.15) is 0 Å². The van der Waals surface area contributed by atoms with Crippen molar-refractivity contribution in [2.75, 3.05) is 56.8 Å². The summed E-state index contributed by atoms with van der Waals surface area (Å²) in [5, 5.41) is 8.83. The van der Waals surface area contributed by atoms with Gasteiger partial charge in [-0.3, -0.25) is 14.9 Å². The van der Waals surface area contributed by atoms with E-state index in [-0.39, 0.29) is 24.8 Å². The van der Waals surface area contributed by atoms with Gasteiger partial charge in [0.2, 0.25) is 5.91 Å². The fourth-order valence-electron chi connectivity index (χ4n) is 4.01. The summed E-state index contributed by atoms with van der Waals surface area (Å²) in [6, 6.07) is 6.86. The predicted molar refractivity (Wildman–Crippen MR) is 153 cm³/mol. The molecule has 3 amide bonds. The molecule has 0 bridgehead atoms. The van der Waals surface area contributed by atoms with Gasteiger partial charge < -0.3 is 29.6 Å². The minimum atomic E-state index is -0.546. The number of para-hydroxylation sites is 1. The van der Waals surface area contributed by atoms with E-state index < -0.39 is 11.7 Å². The maximum absolute atomic E-state index is 13.0. The first kappa shape index (κ1) is 31.5. The fraction of sp³-hybridized carbons (Fsp3) is 0.571. The van der Waals surface area contributed by atoms with Gasteiger partial charge in [0.25, 0.3) is 5.91 Å². The van der Waals surface area contributed by atoms with E-state index in [2.05, 4.69) is 20.9 Å². The van der Waals surface area contributed by atoms with E-state index in [1.54, 1.807) is 45.0 Å². The summed E-state index contributed by atoms with van der Waals surface area (Å²) >= 11 is 1.45. The molecule has 1 aliphatic rings. The van der Waals surface area contributed by atoms with Gasteiger partial charge >= 0.3 is 6.09 Å². The quantitative estimate of drug-likeness (QED) is 0.297. The lowest BCUT2D eigenvalue weighted by molar-refractivity contribution is -0.117. The van der Waals surface area contributed by atoms with Crippen molar-refractivity contribution in [1.29, 1.82) is 0 Å². The van der Waals surface area contributed by atoms with Crippen LogP contribution in [0.4, 0.5) is 15.6 Å². The van der Waals surface area contributed by atoms with Crippen molar-refractivity contribution in [3.05, 3.63) is 40.4 Å². The normalized spacial score (nSPS) is 14.0. The zero-order valence-electron chi connectivity index (χ0n) is 23.7. The summed E-state index contributed by atoms with van der Waals surface area (Å²) < 4.78 is 21.5. The molecule has 1 fully saturated rings. The molecule has 220 valence electrons. The number of aryl methyl sites for hydroxylation is 1. The Hall–Kier alpha value is -3.06. The fourth-order valence-corrected chi connectivity index (χ4v) is 4.90. The van der Waals surface area contributed by atoms with Crippen LogP contribution in [-0.2, 0) is 23.7 Å². The topological polar surface area (TPSA) is 137 Å². The molecule has 0 unspecified atom stereocenters. The van der Waals surface area contributed by atoms with E-state index in [0.717, 1.165) is 36.6 Å². The van der Waals surface area contributed by atoms with Crippen LogP contribution in [0.3, 0.4) is 0 Å². The van der Waals surface area contributed by atoms with E-state index in [9.17, 15) is 14.4 Å². The highest BCUT2D eigenvalue weighted by atomic mass is 32.1. The molecule has 3 N–H and O–H groups in total. The maximum atomic E-state index is 13.0. The average molecular weight is 577 g/mol. The van der Waals surface area contributed by atoms with E-state index in [1.165, 1.54) is 11.3 Å². The van der Waals surface area contributed by atoms with Crippen molar-refractivity contribution < 1.29 is 33.3 Å². The Labute approximate surface area is 239 Å². The summed E-state index contributed by atoms with van der Waals surface area (Å²) in [6.07, 6.45) is 1.49. The third kappa shape index (κ3) is 10.8. The molecule has 11 nitrogen and oxygen atoms in total. The van der Waals surface area contributed by atoms with Crippen molar-refractivity contribution in [1.82, 2.24) is 10.3 Å². The van der Waals surface area contributed by atoms with Gasteiger partial charge in [0.1, 0.15) is 5.60 Å². The van der Waals surface area contributed by atoms with Gasteiger partial charge in [-0.1, -0.05) is 12.1 Å². The number of alkyl carbamates (subject to hydrolysis) is 1. The van der Waals surface area contributed by atoms with Crippen molar-refractivity contribution >= 4 is 40.1 Å². The van der Waals surface area contributed by atoms with Crippen LogP contribution in [0.2, 0.25) is 0 Å². The third-order valence-electron chi connectivity index (χ3n) is 5.87. The van der Waals surface area contributed by atoms with Gasteiger partial charge in [0.05, 0.1) is 49.8 Å². The lowest BCUT2D eigenvalue weighted by Crippen LogP contribution is -2.34. The zero-order valence-corrected chi connectivity index (χ0v) is 24.5. The Kier molecular flexibility index (Phi) is 12.3. The SMILES string of the molecule is Cc1sc(NC(=O)c2ccccc2NC(=O)CCOCCOCCNC(=O)OC(C)(C)C)nc1C1CCOCC1. The number of benzene rings is 1. The number of amides is 3. The number of anilines is 2. The molecule has 1 aliphatic heterocycles. The van der Waals surface area contributed by atoms with Crippen LogP contribution in [0.25, 0.3) is 0 Å². The molecule has 2 heterocycles. The summed E-state index contributed by atoms with van der Waals surface area (Å²) in [6.45, 7) is 10.3. The van der Waals surface area contributed by atoms with Gasteiger partial charge in [-0.15, -0.1) is 11.3 Å². The number of rotatable bonds is 13. The number of hydrogen-bond donors (Lipinski definition) is 3. The van der Waals surface area contributed by atoms with Crippen molar-refractivity contribution in [3.63, 3.8) is 0 Å². The second-order valence-corrected chi connectivity index (χ2v) is 11.5. The van der Waals surface area contributed by atoms with E-state index in [0.29, 0.717) is 48.7 Å². The number of hydrogen-bond acceptors (Lipinski definition) is 9. The number of nitrogens with one attached hydrogen (secondary N) is 3. The van der Waals surface area contributed by atoms with Gasteiger partial charge in [-0.05, 0) is 52.7 Å². The molecule has 0 saturated carbocycles. The average Bonchev–Trinajstić information content (AvgIpc) is 3.27. The molecule has 3 rings (SSSR count). The molecule has 0 spiro atoms. The number of ether oxygens (including phenoxy) is 4. The lowest BCUT2D eigenvalue weighted by atomic mass is 9.96. The smallest absolute Gasteiger partial charge is 0.407 e. The Morgan fingerprint density at radius 2 is 1.73 bits per heavy atom. The summed E-state index contributed by atoms with van der Waals surface area (Å²) in [5.41, 5.74) is 1.25. The molecule has 12 heteroatoms. The highest BCUT2D eigenvalue weighted by Gasteiger charge is 2.23. The second-order valence-electron chi connectivity index (χ2n) is 10.3. The van der Waals surface area contributed by atoms with Crippen LogP contribution >= 0.6 is 11.3 Å². The second kappa shape index (κ2) is 15.7. The molecule has 0 atom stereocenters. The number of carbonyl (C=O) groups is 3. The highest BCUT2D eigenvalue weighted by molar-refractivity contribution is 7.15. The Morgan fingerprint density at radius 3 is 2.45 bits per heavy atom. The Bertz CT molecular complexity index is 1130. The largest absolute Gasteiger partial charge is 0.444 e. The van der Waals surface area contributed by atoms with Gasteiger partial charge in [0.15, 0.2) is 5.13 Å². The lowest BCUT2D eigenvalue weighted by Gasteiger charge is -2.20. The van der Waals surface area contributed by atoms with Gasteiger partial charge in [0, 0.05) is 30.6 Å². The molecule has 1 aromatic heterocycles. The standard InChI is InChI=1S/C28H40N4O7S/c1-19-24(20-9-13-36-14-10-20)31-26(40-19)32-25(34)21-7-5-6-8-22(21)30-23(33)11-15-37-17-18-38-16-12-29-27(35)39-28(2,3)4/h5-8,20H,9-18H2,1-4H3,(H,29,35)(H,30,33)(H,31,32,34). The Morgan fingerprint density at radius 1 is 1.02 bits per heavy atom. The number of aromatic nitrogens is 1. The van der Waals surface area contributed by atoms with Crippen LogP contribution in [0.5, 0.6) is 0 Å². The van der Waals surface area contributed by atoms with Crippen molar-refractivity contribution in [3.8, 4) is 0 Å². The molecule has 2 aromatic rings.